The van der Waals surface area contributed by atoms with Gasteiger partial charge >= 0.3 is 5.97 Å². The number of carbonyl (C=O) groups excluding carboxylic acids is 1. The molecule has 0 saturated heterocycles. The fourth-order valence-corrected chi connectivity index (χ4v) is 2.68. The fourth-order valence-electron chi connectivity index (χ4n) is 1.33. The standard InChI is InChI=1S/C16H30O3Si/c1-8-14(19-20(6,7)16(3,4)5)12-10-11-13-15(17)18-9-2/h10-14H,8-9H2,1-7H3/b12-10+,13-11-. The van der Waals surface area contributed by atoms with Crippen molar-refractivity contribution in [2.24, 2.45) is 0 Å². The molecule has 0 aliphatic heterocycles. The first-order chi connectivity index (χ1) is 9.14. The molecule has 0 bridgehead atoms. The Hall–Kier alpha value is -0.873. The minimum atomic E-state index is -1.75. The van der Waals surface area contributed by atoms with Gasteiger partial charge in [0, 0.05) is 6.08 Å². The molecule has 20 heavy (non-hydrogen) atoms. The van der Waals surface area contributed by atoms with Gasteiger partial charge in [0.25, 0.3) is 0 Å². The van der Waals surface area contributed by atoms with Gasteiger partial charge < -0.3 is 9.16 Å². The highest BCUT2D eigenvalue weighted by atomic mass is 28.4. The average molecular weight is 298 g/mol. The SMILES string of the molecule is CCOC(=O)/C=C\C=C\C(CC)O[Si](C)(C)C(C)(C)C. The van der Waals surface area contributed by atoms with Crippen LogP contribution in [0.3, 0.4) is 0 Å². The Morgan fingerprint density at radius 2 is 1.80 bits per heavy atom. The summed E-state index contributed by atoms with van der Waals surface area (Å²) in [4.78, 5) is 11.2. The predicted octanol–water partition coefficient (Wildman–Crippen LogP) is 4.46. The zero-order valence-corrected chi connectivity index (χ0v) is 15.0. The molecule has 0 aliphatic rings. The molecule has 3 nitrogen and oxygen atoms in total. The van der Waals surface area contributed by atoms with Crippen molar-refractivity contribution in [2.45, 2.75) is 65.3 Å². The summed E-state index contributed by atoms with van der Waals surface area (Å²) >= 11 is 0. The van der Waals surface area contributed by atoms with E-state index in [0.29, 0.717) is 6.61 Å². The van der Waals surface area contributed by atoms with Crippen molar-refractivity contribution in [1.82, 2.24) is 0 Å². The summed E-state index contributed by atoms with van der Waals surface area (Å²) in [5.74, 6) is -0.310. The van der Waals surface area contributed by atoms with E-state index in [4.69, 9.17) is 9.16 Å². The summed E-state index contributed by atoms with van der Waals surface area (Å²) in [7, 11) is -1.75. The first-order valence-electron chi connectivity index (χ1n) is 7.33. The maximum absolute atomic E-state index is 11.2. The normalized spacial score (nSPS) is 14.9. The summed E-state index contributed by atoms with van der Waals surface area (Å²) < 4.78 is 11.1. The number of ether oxygens (including phenoxy) is 1. The third kappa shape index (κ3) is 7.06. The number of allylic oxidation sites excluding steroid dienone is 2. The largest absolute Gasteiger partial charge is 0.463 e. The Bertz CT molecular complexity index is 351. The number of hydrogen-bond donors (Lipinski definition) is 0. The predicted molar refractivity (Wildman–Crippen MR) is 87.3 cm³/mol. The number of rotatable bonds is 7. The lowest BCUT2D eigenvalue weighted by molar-refractivity contribution is -0.137. The Labute approximate surface area is 125 Å². The quantitative estimate of drug-likeness (QED) is 0.301. The van der Waals surface area contributed by atoms with Gasteiger partial charge in [0.05, 0.1) is 12.7 Å². The molecule has 1 atom stereocenters. The first-order valence-corrected chi connectivity index (χ1v) is 10.2. The van der Waals surface area contributed by atoms with E-state index < -0.39 is 8.32 Å². The molecule has 4 heteroatoms. The van der Waals surface area contributed by atoms with E-state index in [0.717, 1.165) is 6.42 Å². The van der Waals surface area contributed by atoms with Crippen molar-refractivity contribution < 1.29 is 14.0 Å². The molecule has 0 N–H and O–H groups in total. The van der Waals surface area contributed by atoms with Crippen LogP contribution in [0.4, 0.5) is 0 Å². The zero-order valence-electron chi connectivity index (χ0n) is 14.0. The van der Waals surface area contributed by atoms with Crippen molar-refractivity contribution in [3.63, 3.8) is 0 Å². The van der Waals surface area contributed by atoms with E-state index >= 15 is 0 Å². The molecule has 1 unspecified atom stereocenters. The minimum absolute atomic E-state index is 0.0998. The van der Waals surface area contributed by atoms with Crippen molar-refractivity contribution in [3.05, 3.63) is 24.3 Å². The lowest BCUT2D eigenvalue weighted by Gasteiger charge is -2.38. The highest BCUT2D eigenvalue weighted by Gasteiger charge is 2.38. The molecule has 0 spiro atoms. The number of hydrogen-bond acceptors (Lipinski definition) is 3. The van der Waals surface area contributed by atoms with Crippen LogP contribution in [0.1, 0.15) is 41.0 Å². The van der Waals surface area contributed by atoms with Crippen LogP contribution in [0.5, 0.6) is 0 Å². The lowest BCUT2D eigenvalue weighted by Crippen LogP contribution is -2.43. The van der Waals surface area contributed by atoms with Crippen LogP contribution in [-0.4, -0.2) is 27.0 Å². The van der Waals surface area contributed by atoms with Crippen molar-refractivity contribution in [3.8, 4) is 0 Å². The van der Waals surface area contributed by atoms with Gasteiger partial charge in [-0.15, -0.1) is 0 Å². The smallest absolute Gasteiger partial charge is 0.330 e. The van der Waals surface area contributed by atoms with E-state index in [1.165, 1.54) is 6.08 Å². The summed E-state index contributed by atoms with van der Waals surface area (Å²) in [5.41, 5.74) is 0. The molecule has 0 aromatic carbocycles. The lowest BCUT2D eigenvalue weighted by atomic mass is 10.2. The molecule has 0 aromatic rings. The van der Waals surface area contributed by atoms with Gasteiger partial charge in [-0.3, -0.25) is 0 Å². The fraction of sp³-hybridized carbons (Fsp3) is 0.688. The van der Waals surface area contributed by atoms with Crippen LogP contribution in [0.15, 0.2) is 24.3 Å². The molecule has 0 radical (unpaired) electrons. The van der Waals surface area contributed by atoms with E-state index in [9.17, 15) is 4.79 Å². The van der Waals surface area contributed by atoms with E-state index in [1.54, 1.807) is 13.0 Å². The van der Waals surface area contributed by atoms with E-state index in [2.05, 4.69) is 40.8 Å². The average Bonchev–Trinajstić information content (AvgIpc) is 2.31. The topological polar surface area (TPSA) is 35.5 Å². The Kier molecular flexibility index (Phi) is 8.05. The summed E-state index contributed by atoms with van der Waals surface area (Å²) in [6, 6.07) is 0. The summed E-state index contributed by atoms with van der Waals surface area (Å²) in [5, 5.41) is 0.203. The van der Waals surface area contributed by atoms with Crippen LogP contribution in [0.25, 0.3) is 0 Å². The van der Waals surface area contributed by atoms with Crippen LogP contribution < -0.4 is 0 Å². The molecule has 0 heterocycles. The number of esters is 1. The molecule has 0 aromatic heterocycles. The maximum Gasteiger partial charge on any atom is 0.330 e. The maximum atomic E-state index is 11.2. The second kappa shape index (κ2) is 8.42. The van der Waals surface area contributed by atoms with Gasteiger partial charge in [0.15, 0.2) is 8.32 Å². The van der Waals surface area contributed by atoms with Crippen LogP contribution in [-0.2, 0) is 14.0 Å². The second-order valence-corrected chi connectivity index (χ2v) is 11.1. The zero-order chi connectivity index (χ0) is 15.8. The molecular formula is C16H30O3Si. The van der Waals surface area contributed by atoms with Gasteiger partial charge in [-0.25, -0.2) is 4.79 Å². The van der Waals surface area contributed by atoms with E-state index in [1.807, 2.05) is 12.2 Å². The molecule has 0 fully saturated rings. The molecule has 0 rings (SSSR count). The van der Waals surface area contributed by atoms with Gasteiger partial charge in [-0.05, 0) is 31.5 Å². The monoisotopic (exact) mass is 298 g/mol. The summed E-state index contributed by atoms with van der Waals surface area (Å²) in [6.45, 7) is 15.5. The second-order valence-electron chi connectivity index (χ2n) is 6.32. The molecule has 116 valence electrons. The molecule has 0 saturated carbocycles. The third-order valence-corrected chi connectivity index (χ3v) is 8.11. The summed E-state index contributed by atoms with van der Waals surface area (Å²) in [6.07, 6.45) is 8.03. The van der Waals surface area contributed by atoms with Crippen molar-refractivity contribution in [1.29, 1.82) is 0 Å². The molecule has 0 amide bonds. The minimum Gasteiger partial charge on any atom is -0.463 e. The van der Waals surface area contributed by atoms with Crippen LogP contribution >= 0.6 is 0 Å². The number of carbonyl (C=O) groups is 1. The highest BCUT2D eigenvalue weighted by Crippen LogP contribution is 2.37. The van der Waals surface area contributed by atoms with Crippen molar-refractivity contribution >= 4 is 14.3 Å². The Morgan fingerprint density at radius 1 is 1.20 bits per heavy atom. The highest BCUT2D eigenvalue weighted by molar-refractivity contribution is 6.74. The molecular weight excluding hydrogens is 268 g/mol. The van der Waals surface area contributed by atoms with Gasteiger partial charge in [-0.1, -0.05) is 45.9 Å². The van der Waals surface area contributed by atoms with Crippen molar-refractivity contribution in [2.75, 3.05) is 6.61 Å². The van der Waals surface area contributed by atoms with Crippen LogP contribution in [0, 0.1) is 0 Å². The van der Waals surface area contributed by atoms with Crippen LogP contribution in [0.2, 0.25) is 18.1 Å². The Balaban J connectivity index is 4.53. The van der Waals surface area contributed by atoms with Gasteiger partial charge in [0.2, 0.25) is 0 Å². The Morgan fingerprint density at radius 3 is 2.25 bits per heavy atom. The molecule has 0 aliphatic carbocycles. The first kappa shape index (κ1) is 19.1. The third-order valence-electron chi connectivity index (χ3n) is 3.61. The van der Waals surface area contributed by atoms with Gasteiger partial charge in [-0.2, -0.15) is 0 Å². The van der Waals surface area contributed by atoms with Gasteiger partial charge in [0.1, 0.15) is 0 Å². The van der Waals surface area contributed by atoms with E-state index in [-0.39, 0.29) is 17.1 Å².